The Kier molecular flexibility index (Phi) is 3.52. The average Bonchev–Trinajstić information content (AvgIpc) is 2.38. The van der Waals surface area contributed by atoms with Gasteiger partial charge in [-0.15, -0.1) is 0 Å². The number of para-hydroxylation sites is 1. The van der Waals surface area contributed by atoms with Gasteiger partial charge in [0, 0.05) is 23.9 Å². The van der Waals surface area contributed by atoms with Gasteiger partial charge < -0.3 is 5.32 Å². The zero-order valence-corrected chi connectivity index (χ0v) is 9.47. The molecule has 0 saturated carbocycles. The van der Waals surface area contributed by atoms with E-state index >= 15 is 0 Å². The molecule has 0 spiro atoms. The maximum atomic E-state index is 12.7. The molecule has 0 bridgehead atoms. The largest absolute Gasteiger partial charge is 0.381 e. The highest BCUT2D eigenvalue weighted by Crippen LogP contribution is 2.19. The van der Waals surface area contributed by atoms with Crippen molar-refractivity contribution in [3.05, 3.63) is 70.0 Å². The molecule has 0 radical (unpaired) electrons. The Labute approximate surface area is 103 Å². The number of halogens is 1. The third-order valence-corrected chi connectivity index (χ3v) is 2.52. The van der Waals surface area contributed by atoms with E-state index in [2.05, 4.69) is 5.32 Å². The second-order valence-corrected chi connectivity index (χ2v) is 3.75. The van der Waals surface area contributed by atoms with Crippen LogP contribution in [0.2, 0.25) is 0 Å². The molecule has 5 heteroatoms. The smallest absolute Gasteiger partial charge is 0.274 e. The molecule has 1 N–H and O–H groups in total. The standard InChI is InChI=1S/C13H11FN2O2/c14-11-5-7-12(8-6-11)15-9-10-3-1-2-4-13(10)16(17)18/h1-8,15H,9H2. The lowest BCUT2D eigenvalue weighted by atomic mass is 10.2. The Balaban J connectivity index is 2.10. The van der Waals surface area contributed by atoms with Crippen molar-refractivity contribution >= 4 is 11.4 Å². The van der Waals surface area contributed by atoms with Crippen molar-refractivity contribution < 1.29 is 9.31 Å². The van der Waals surface area contributed by atoms with E-state index in [-0.39, 0.29) is 11.5 Å². The van der Waals surface area contributed by atoms with Crippen LogP contribution < -0.4 is 5.32 Å². The van der Waals surface area contributed by atoms with Crippen molar-refractivity contribution in [2.75, 3.05) is 5.32 Å². The SMILES string of the molecule is O=[N+]([O-])c1ccccc1CNc1ccc(F)cc1. The van der Waals surface area contributed by atoms with Crippen molar-refractivity contribution in [3.8, 4) is 0 Å². The lowest BCUT2D eigenvalue weighted by Crippen LogP contribution is -2.02. The van der Waals surface area contributed by atoms with Crippen molar-refractivity contribution in [1.82, 2.24) is 0 Å². The molecule has 0 unspecified atom stereocenters. The number of nitro groups is 1. The molecule has 0 heterocycles. The van der Waals surface area contributed by atoms with Gasteiger partial charge in [-0.25, -0.2) is 4.39 Å². The van der Waals surface area contributed by atoms with Crippen LogP contribution in [-0.2, 0) is 6.54 Å². The third kappa shape index (κ3) is 2.82. The van der Waals surface area contributed by atoms with E-state index < -0.39 is 4.92 Å². The summed E-state index contributed by atoms with van der Waals surface area (Å²) in [5.41, 5.74) is 1.38. The number of rotatable bonds is 4. The number of benzene rings is 2. The van der Waals surface area contributed by atoms with E-state index in [9.17, 15) is 14.5 Å². The maximum absolute atomic E-state index is 12.7. The van der Waals surface area contributed by atoms with Crippen molar-refractivity contribution in [1.29, 1.82) is 0 Å². The van der Waals surface area contributed by atoms with Crippen molar-refractivity contribution in [2.45, 2.75) is 6.54 Å². The molecule has 0 amide bonds. The topological polar surface area (TPSA) is 55.2 Å². The van der Waals surface area contributed by atoms with E-state index in [4.69, 9.17) is 0 Å². The van der Waals surface area contributed by atoms with Gasteiger partial charge in [-0.3, -0.25) is 10.1 Å². The fraction of sp³-hybridized carbons (Fsp3) is 0.0769. The number of nitrogens with zero attached hydrogens (tertiary/aromatic N) is 1. The van der Waals surface area contributed by atoms with Gasteiger partial charge in [0.2, 0.25) is 0 Å². The summed E-state index contributed by atoms with van der Waals surface area (Å²) in [6.07, 6.45) is 0. The van der Waals surface area contributed by atoms with Gasteiger partial charge in [0.1, 0.15) is 5.82 Å². The second kappa shape index (κ2) is 5.27. The molecule has 2 aromatic rings. The van der Waals surface area contributed by atoms with Crippen molar-refractivity contribution in [2.24, 2.45) is 0 Å². The predicted octanol–water partition coefficient (Wildman–Crippen LogP) is 3.35. The number of hydrogen-bond donors (Lipinski definition) is 1. The zero-order valence-electron chi connectivity index (χ0n) is 9.47. The number of anilines is 1. The minimum absolute atomic E-state index is 0.0760. The number of nitrogens with one attached hydrogen (secondary N) is 1. The Morgan fingerprint density at radius 2 is 1.78 bits per heavy atom. The van der Waals surface area contributed by atoms with Gasteiger partial charge in [0.25, 0.3) is 5.69 Å². The molecule has 0 aromatic heterocycles. The molecular weight excluding hydrogens is 235 g/mol. The van der Waals surface area contributed by atoms with Crippen molar-refractivity contribution in [3.63, 3.8) is 0 Å². The monoisotopic (exact) mass is 246 g/mol. The molecule has 0 atom stereocenters. The molecule has 0 fully saturated rings. The molecule has 2 rings (SSSR count). The van der Waals surface area contributed by atoms with Crippen LogP contribution in [0.3, 0.4) is 0 Å². The Morgan fingerprint density at radius 1 is 1.11 bits per heavy atom. The summed E-state index contributed by atoms with van der Waals surface area (Å²) >= 11 is 0. The first-order chi connectivity index (χ1) is 8.66. The van der Waals surface area contributed by atoms with Gasteiger partial charge >= 0.3 is 0 Å². The van der Waals surface area contributed by atoms with Gasteiger partial charge in [0.05, 0.1) is 4.92 Å². The maximum Gasteiger partial charge on any atom is 0.274 e. The first kappa shape index (κ1) is 12.0. The third-order valence-electron chi connectivity index (χ3n) is 2.52. The predicted molar refractivity (Wildman–Crippen MR) is 66.8 cm³/mol. The number of nitro benzene ring substituents is 1. The highest BCUT2D eigenvalue weighted by Gasteiger charge is 2.11. The summed E-state index contributed by atoms with van der Waals surface area (Å²) in [4.78, 5) is 10.4. The van der Waals surface area contributed by atoms with E-state index in [1.807, 2.05) is 0 Å². The minimum Gasteiger partial charge on any atom is -0.381 e. The quantitative estimate of drug-likeness (QED) is 0.664. The zero-order chi connectivity index (χ0) is 13.0. The van der Waals surface area contributed by atoms with E-state index in [0.717, 1.165) is 5.69 Å². The number of hydrogen-bond acceptors (Lipinski definition) is 3. The molecule has 0 aliphatic heterocycles. The summed E-state index contributed by atoms with van der Waals surface area (Å²) in [5, 5.41) is 13.8. The summed E-state index contributed by atoms with van der Waals surface area (Å²) in [5.74, 6) is -0.314. The van der Waals surface area contributed by atoms with Crippen LogP contribution in [0, 0.1) is 15.9 Å². The first-order valence-corrected chi connectivity index (χ1v) is 5.38. The van der Waals surface area contributed by atoms with Crippen LogP contribution in [0.5, 0.6) is 0 Å². The first-order valence-electron chi connectivity index (χ1n) is 5.38. The fourth-order valence-electron chi connectivity index (χ4n) is 1.60. The minimum atomic E-state index is -0.415. The molecule has 0 aliphatic rings. The Bertz CT molecular complexity index is 555. The molecule has 92 valence electrons. The van der Waals surface area contributed by atoms with Crippen LogP contribution in [0.1, 0.15) is 5.56 Å². The highest BCUT2D eigenvalue weighted by molar-refractivity contribution is 5.47. The van der Waals surface area contributed by atoms with Crippen LogP contribution >= 0.6 is 0 Å². The summed E-state index contributed by atoms with van der Waals surface area (Å²) in [6.45, 7) is 0.322. The summed E-state index contributed by atoms with van der Waals surface area (Å²) in [6, 6.07) is 12.4. The molecule has 2 aromatic carbocycles. The van der Waals surface area contributed by atoms with E-state index in [1.165, 1.54) is 18.2 Å². The lowest BCUT2D eigenvalue weighted by Gasteiger charge is -2.06. The molecule has 18 heavy (non-hydrogen) atoms. The Hall–Kier alpha value is -2.43. The van der Waals surface area contributed by atoms with E-state index in [0.29, 0.717) is 12.1 Å². The summed E-state index contributed by atoms with van der Waals surface area (Å²) < 4.78 is 12.7. The van der Waals surface area contributed by atoms with Crippen LogP contribution in [0.15, 0.2) is 48.5 Å². The van der Waals surface area contributed by atoms with Gasteiger partial charge in [0.15, 0.2) is 0 Å². The lowest BCUT2D eigenvalue weighted by molar-refractivity contribution is -0.385. The van der Waals surface area contributed by atoms with Gasteiger partial charge in [-0.1, -0.05) is 18.2 Å². The summed E-state index contributed by atoms with van der Waals surface area (Å²) in [7, 11) is 0. The van der Waals surface area contributed by atoms with Crippen LogP contribution in [0.25, 0.3) is 0 Å². The molecule has 4 nitrogen and oxygen atoms in total. The van der Waals surface area contributed by atoms with Gasteiger partial charge in [-0.2, -0.15) is 0 Å². The van der Waals surface area contributed by atoms with Crippen LogP contribution in [-0.4, -0.2) is 4.92 Å². The van der Waals surface area contributed by atoms with Crippen LogP contribution in [0.4, 0.5) is 15.8 Å². The normalized spacial score (nSPS) is 10.1. The van der Waals surface area contributed by atoms with Gasteiger partial charge in [-0.05, 0) is 24.3 Å². The highest BCUT2D eigenvalue weighted by atomic mass is 19.1. The Morgan fingerprint density at radius 3 is 2.44 bits per heavy atom. The molecule has 0 saturated heterocycles. The second-order valence-electron chi connectivity index (χ2n) is 3.75. The van der Waals surface area contributed by atoms with E-state index in [1.54, 1.807) is 30.3 Å². The molecule has 0 aliphatic carbocycles. The average molecular weight is 246 g/mol. The molecular formula is C13H11FN2O2. The fourth-order valence-corrected chi connectivity index (χ4v) is 1.60.